The first-order chi connectivity index (χ1) is 11.7. The first-order valence-electron chi connectivity index (χ1n) is 7.95. The van der Waals surface area contributed by atoms with Crippen LogP contribution >= 0.6 is 11.3 Å². The van der Waals surface area contributed by atoms with Crippen molar-refractivity contribution in [3.05, 3.63) is 51.8 Å². The minimum absolute atomic E-state index is 0.211. The van der Waals surface area contributed by atoms with Crippen LogP contribution in [0.3, 0.4) is 0 Å². The van der Waals surface area contributed by atoms with E-state index in [9.17, 15) is 0 Å². The van der Waals surface area contributed by atoms with E-state index < -0.39 is 0 Å². The summed E-state index contributed by atoms with van der Waals surface area (Å²) in [5.41, 5.74) is 2.15. The monoisotopic (exact) mass is 342 g/mol. The highest BCUT2D eigenvalue weighted by atomic mass is 32.1. The van der Waals surface area contributed by atoms with Gasteiger partial charge in [-0.2, -0.15) is 0 Å². The third kappa shape index (κ3) is 2.99. The third-order valence-electron chi connectivity index (χ3n) is 3.85. The molecule has 1 aliphatic heterocycles. The van der Waals surface area contributed by atoms with Crippen LogP contribution in [0.15, 0.2) is 34.1 Å². The minimum Gasteiger partial charge on any atom is -0.480 e. The molecule has 0 fully saturated rings. The van der Waals surface area contributed by atoms with Gasteiger partial charge in [-0.3, -0.25) is 0 Å². The van der Waals surface area contributed by atoms with Gasteiger partial charge in [-0.05, 0) is 11.6 Å². The Labute approximate surface area is 143 Å². The zero-order chi connectivity index (χ0) is 16.5. The Morgan fingerprint density at radius 1 is 1.29 bits per heavy atom. The lowest BCUT2D eigenvalue weighted by atomic mass is 10.1. The van der Waals surface area contributed by atoms with Gasteiger partial charge in [-0.15, -0.1) is 16.4 Å². The Hall–Kier alpha value is -2.41. The molecule has 0 radical (unpaired) electrons. The number of hydrogen-bond donors (Lipinski definition) is 1. The van der Waals surface area contributed by atoms with Crippen LogP contribution < -0.4 is 10.1 Å². The van der Waals surface area contributed by atoms with Gasteiger partial charge in [0, 0.05) is 17.7 Å². The maximum Gasteiger partial charge on any atom is 0.315 e. The molecule has 1 N–H and O–H groups in total. The zero-order valence-electron chi connectivity index (χ0n) is 13.5. The average Bonchev–Trinajstić information content (AvgIpc) is 3.30. The van der Waals surface area contributed by atoms with Crippen molar-refractivity contribution < 1.29 is 9.15 Å². The number of hydrogen-bond acceptors (Lipinski definition) is 7. The van der Waals surface area contributed by atoms with Gasteiger partial charge < -0.3 is 14.5 Å². The molecule has 124 valence electrons. The summed E-state index contributed by atoms with van der Waals surface area (Å²) in [7, 11) is 0. The normalized spacial score (nSPS) is 16.2. The number of nitrogens with one attached hydrogen (secondary N) is 1. The summed E-state index contributed by atoms with van der Waals surface area (Å²) in [4.78, 5) is 4.58. The number of nitrogens with zero attached hydrogens (tertiary/aromatic N) is 3. The molecule has 0 amide bonds. The number of ether oxygens (including phenoxy) is 1. The molecular weight excluding hydrogens is 324 g/mol. The van der Waals surface area contributed by atoms with Crippen LogP contribution in [-0.2, 0) is 13.0 Å². The summed E-state index contributed by atoms with van der Waals surface area (Å²) in [6, 6.07) is 8.37. The summed E-state index contributed by atoms with van der Waals surface area (Å²) in [5.74, 6) is 1.83. The summed E-state index contributed by atoms with van der Waals surface area (Å²) in [6.07, 6.45) is 0.541. The van der Waals surface area contributed by atoms with E-state index in [1.165, 1.54) is 5.56 Å². The van der Waals surface area contributed by atoms with Crippen molar-refractivity contribution in [1.29, 1.82) is 0 Å². The number of anilines is 1. The summed E-state index contributed by atoms with van der Waals surface area (Å²) >= 11 is 1.67. The van der Waals surface area contributed by atoms with Crippen molar-refractivity contribution in [2.75, 3.05) is 5.32 Å². The van der Waals surface area contributed by atoms with E-state index in [1.54, 1.807) is 11.3 Å². The molecule has 0 unspecified atom stereocenters. The maximum absolute atomic E-state index is 5.86. The SMILES string of the molecule is CC(C)c1nc(CNc2nnc([C@H]3Cc4ccccc4O3)o2)cs1. The Balaban J connectivity index is 1.39. The highest BCUT2D eigenvalue weighted by Crippen LogP contribution is 2.36. The first-order valence-corrected chi connectivity index (χ1v) is 8.83. The van der Waals surface area contributed by atoms with Gasteiger partial charge in [0.15, 0.2) is 6.10 Å². The molecule has 2 aromatic heterocycles. The molecular formula is C17H18N4O2S. The smallest absolute Gasteiger partial charge is 0.315 e. The highest BCUT2D eigenvalue weighted by molar-refractivity contribution is 7.09. The predicted molar refractivity (Wildman–Crippen MR) is 91.3 cm³/mol. The van der Waals surface area contributed by atoms with Gasteiger partial charge in [0.05, 0.1) is 17.2 Å². The molecule has 0 aliphatic carbocycles. The Morgan fingerprint density at radius 3 is 2.96 bits per heavy atom. The van der Waals surface area contributed by atoms with E-state index in [-0.39, 0.29) is 6.10 Å². The van der Waals surface area contributed by atoms with Crippen LogP contribution in [0.4, 0.5) is 6.01 Å². The van der Waals surface area contributed by atoms with Crippen LogP contribution in [0.1, 0.15) is 48.0 Å². The van der Waals surface area contributed by atoms with Crippen molar-refractivity contribution in [3.8, 4) is 5.75 Å². The third-order valence-corrected chi connectivity index (χ3v) is 5.04. The molecule has 3 heterocycles. The van der Waals surface area contributed by atoms with Gasteiger partial charge in [0.25, 0.3) is 5.89 Å². The zero-order valence-corrected chi connectivity index (χ0v) is 14.3. The molecule has 6 nitrogen and oxygen atoms in total. The molecule has 0 saturated carbocycles. The second-order valence-corrected chi connectivity index (χ2v) is 6.94. The van der Waals surface area contributed by atoms with Crippen LogP contribution in [0.25, 0.3) is 0 Å². The van der Waals surface area contributed by atoms with Crippen LogP contribution in [0, 0.1) is 0 Å². The van der Waals surface area contributed by atoms with Crippen LogP contribution in [0.2, 0.25) is 0 Å². The quantitative estimate of drug-likeness (QED) is 0.757. The molecule has 0 spiro atoms. The number of thiazole rings is 1. The molecule has 1 atom stereocenters. The van der Waals surface area contributed by atoms with E-state index in [2.05, 4.69) is 45.8 Å². The first kappa shape index (κ1) is 15.1. The second kappa shape index (κ2) is 6.24. The van der Waals surface area contributed by atoms with Gasteiger partial charge in [0.2, 0.25) is 0 Å². The van der Waals surface area contributed by atoms with Crippen molar-refractivity contribution in [2.45, 2.75) is 38.8 Å². The van der Waals surface area contributed by atoms with Crippen molar-refractivity contribution >= 4 is 17.4 Å². The summed E-state index contributed by atoms with van der Waals surface area (Å²) < 4.78 is 11.6. The fraction of sp³-hybridized carbons (Fsp3) is 0.353. The molecule has 7 heteroatoms. The van der Waals surface area contributed by atoms with Gasteiger partial charge in [-0.25, -0.2) is 4.98 Å². The number of benzene rings is 1. The Kier molecular flexibility index (Phi) is 3.93. The molecule has 1 aromatic carbocycles. The molecule has 4 rings (SSSR count). The summed E-state index contributed by atoms with van der Waals surface area (Å²) in [6.45, 7) is 4.84. The van der Waals surface area contributed by atoms with Gasteiger partial charge in [0.1, 0.15) is 5.75 Å². The topological polar surface area (TPSA) is 73.1 Å². The largest absolute Gasteiger partial charge is 0.480 e. The second-order valence-electron chi connectivity index (χ2n) is 6.05. The van der Waals surface area contributed by atoms with Crippen LogP contribution in [-0.4, -0.2) is 15.2 Å². The van der Waals surface area contributed by atoms with E-state index in [0.717, 1.165) is 22.9 Å². The molecule has 0 bridgehead atoms. The number of rotatable bonds is 5. The number of para-hydroxylation sites is 1. The molecule has 0 saturated heterocycles. The highest BCUT2D eigenvalue weighted by Gasteiger charge is 2.28. The fourth-order valence-electron chi connectivity index (χ4n) is 2.59. The van der Waals surface area contributed by atoms with E-state index in [1.807, 2.05) is 18.2 Å². The Morgan fingerprint density at radius 2 is 2.17 bits per heavy atom. The summed E-state index contributed by atoms with van der Waals surface area (Å²) in [5, 5.41) is 14.5. The lowest BCUT2D eigenvalue weighted by Gasteiger charge is -2.04. The van der Waals surface area contributed by atoms with Crippen LogP contribution in [0.5, 0.6) is 5.75 Å². The average molecular weight is 342 g/mol. The molecule has 3 aromatic rings. The number of fused-ring (bicyclic) bond motifs is 1. The van der Waals surface area contributed by atoms with Crippen molar-refractivity contribution in [3.63, 3.8) is 0 Å². The molecule has 1 aliphatic rings. The van der Waals surface area contributed by atoms with Crippen molar-refractivity contribution in [2.24, 2.45) is 0 Å². The lowest BCUT2D eigenvalue weighted by molar-refractivity contribution is 0.199. The van der Waals surface area contributed by atoms with E-state index in [0.29, 0.717) is 24.4 Å². The predicted octanol–water partition coefficient (Wildman–Crippen LogP) is 3.94. The van der Waals surface area contributed by atoms with E-state index in [4.69, 9.17) is 9.15 Å². The lowest BCUT2D eigenvalue weighted by Crippen LogP contribution is -2.03. The Bertz CT molecular complexity index is 817. The maximum atomic E-state index is 5.86. The fourth-order valence-corrected chi connectivity index (χ4v) is 3.43. The van der Waals surface area contributed by atoms with E-state index >= 15 is 0 Å². The molecule has 24 heavy (non-hydrogen) atoms. The number of aromatic nitrogens is 3. The standard InChI is InChI=1S/C17H18N4O2S/c1-10(2)16-19-12(9-24-16)8-18-17-21-20-15(23-17)14-7-11-5-3-4-6-13(11)22-14/h3-6,9-10,14H,7-8H2,1-2H3,(H,18,21)/t14-/m1/s1. The van der Waals surface area contributed by atoms with Gasteiger partial charge in [-0.1, -0.05) is 37.1 Å². The van der Waals surface area contributed by atoms with Gasteiger partial charge >= 0.3 is 6.01 Å². The van der Waals surface area contributed by atoms with Crippen molar-refractivity contribution in [1.82, 2.24) is 15.2 Å². The minimum atomic E-state index is -0.211.